The highest BCUT2D eigenvalue weighted by Crippen LogP contribution is 2.13. The molecule has 154 valence electrons. The van der Waals surface area contributed by atoms with Crippen molar-refractivity contribution in [3.63, 3.8) is 0 Å². The van der Waals surface area contributed by atoms with Crippen LogP contribution in [0.3, 0.4) is 0 Å². The van der Waals surface area contributed by atoms with Crippen LogP contribution in [0, 0.1) is 0 Å². The van der Waals surface area contributed by atoms with Gasteiger partial charge in [-0.05, 0) is 42.5 Å². The number of hydrazine groups is 2. The number of aromatic amines is 1. The van der Waals surface area contributed by atoms with Gasteiger partial charge in [-0.15, -0.1) is 0 Å². The molecule has 2 aromatic carbocycles. The van der Waals surface area contributed by atoms with E-state index in [1.807, 2.05) is 0 Å². The molecule has 6 N–H and O–H groups in total. The van der Waals surface area contributed by atoms with Gasteiger partial charge in [0.15, 0.2) is 0 Å². The van der Waals surface area contributed by atoms with Crippen LogP contribution < -0.4 is 27.0 Å². The predicted octanol–water partition coefficient (Wildman–Crippen LogP) is 0.211. The molecular weight excluding hydrogens is 392 g/mol. The minimum atomic E-state index is -0.518. The number of nitrogens with zero attached hydrogens (tertiary/aromatic N) is 2. The summed E-state index contributed by atoms with van der Waals surface area (Å²) in [6.07, 6.45) is 0.315. The second-order valence-corrected chi connectivity index (χ2v) is 6.04. The standard InChI is InChI=1S/C18H18N8O4/c27-10-19-21-13-4-2-12(3-5-13)20-16(28)7-8-17(29)24-25-18(30)11-1-6-14-15(9-11)23-26-22-14/h1-6,9-10,21H,7-8H2,(H,19,27)(H,20,28)(H,24,29)(H,25,30)(H,22,23,26). The summed E-state index contributed by atoms with van der Waals surface area (Å²) in [7, 11) is 0. The van der Waals surface area contributed by atoms with Crippen molar-refractivity contribution in [3.05, 3.63) is 48.0 Å². The van der Waals surface area contributed by atoms with E-state index < -0.39 is 11.8 Å². The lowest BCUT2D eigenvalue weighted by Crippen LogP contribution is -2.41. The topological polar surface area (TPSA) is 170 Å². The Morgan fingerprint density at radius 1 is 0.867 bits per heavy atom. The summed E-state index contributed by atoms with van der Waals surface area (Å²) in [4.78, 5) is 46.2. The molecule has 0 aliphatic heterocycles. The molecule has 12 heteroatoms. The first-order chi connectivity index (χ1) is 14.5. The molecule has 1 heterocycles. The molecule has 0 saturated carbocycles. The molecule has 0 unspecified atom stereocenters. The molecule has 3 rings (SSSR count). The molecule has 0 aliphatic carbocycles. The van der Waals surface area contributed by atoms with Gasteiger partial charge >= 0.3 is 0 Å². The fourth-order valence-corrected chi connectivity index (χ4v) is 2.44. The zero-order valence-corrected chi connectivity index (χ0v) is 15.6. The Morgan fingerprint density at radius 3 is 2.33 bits per heavy atom. The van der Waals surface area contributed by atoms with Crippen molar-refractivity contribution >= 4 is 46.5 Å². The maximum atomic E-state index is 12.1. The molecule has 0 saturated heterocycles. The van der Waals surface area contributed by atoms with Crippen molar-refractivity contribution in [3.8, 4) is 0 Å². The number of benzene rings is 2. The minimum Gasteiger partial charge on any atom is -0.326 e. The van der Waals surface area contributed by atoms with Gasteiger partial charge in [0, 0.05) is 24.1 Å². The van der Waals surface area contributed by atoms with Crippen molar-refractivity contribution < 1.29 is 19.2 Å². The number of rotatable bonds is 8. The summed E-state index contributed by atoms with van der Waals surface area (Å²) in [6.45, 7) is 0. The third-order valence-electron chi connectivity index (χ3n) is 3.92. The molecule has 1 aromatic heterocycles. The normalized spacial score (nSPS) is 10.1. The molecular formula is C18H18N8O4. The number of hydrogen-bond donors (Lipinski definition) is 6. The molecule has 30 heavy (non-hydrogen) atoms. The molecule has 0 fully saturated rings. The fraction of sp³-hybridized carbons (Fsp3) is 0.111. The SMILES string of the molecule is O=CNNc1ccc(NC(=O)CCC(=O)NNC(=O)c2ccc3n[nH]nc3c2)cc1. The third kappa shape index (κ3) is 5.51. The maximum Gasteiger partial charge on any atom is 0.269 e. The molecule has 0 bridgehead atoms. The molecule has 0 radical (unpaired) electrons. The quantitative estimate of drug-likeness (QED) is 0.228. The van der Waals surface area contributed by atoms with Crippen molar-refractivity contribution in [2.75, 3.05) is 10.7 Å². The summed E-state index contributed by atoms with van der Waals surface area (Å²) >= 11 is 0. The Kier molecular flexibility index (Phi) is 6.51. The Balaban J connectivity index is 1.39. The molecule has 0 spiro atoms. The summed E-state index contributed by atoms with van der Waals surface area (Å²) in [5.41, 5.74) is 12.1. The van der Waals surface area contributed by atoms with Gasteiger partial charge in [0.05, 0.1) is 5.69 Å². The monoisotopic (exact) mass is 410 g/mol. The van der Waals surface area contributed by atoms with E-state index in [1.54, 1.807) is 36.4 Å². The van der Waals surface area contributed by atoms with Crippen LogP contribution >= 0.6 is 0 Å². The molecule has 4 amide bonds. The maximum absolute atomic E-state index is 12.1. The van der Waals surface area contributed by atoms with Gasteiger partial charge < -0.3 is 5.32 Å². The summed E-state index contributed by atoms with van der Waals surface area (Å²) in [5.74, 6) is -1.39. The number of H-pyrrole nitrogens is 1. The number of amides is 4. The van der Waals surface area contributed by atoms with Crippen LogP contribution in [-0.2, 0) is 14.4 Å². The van der Waals surface area contributed by atoms with Gasteiger partial charge in [-0.2, -0.15) is 15.4 Å². The van der Waals surface area contributed by atoms with E-state index in [4.69, 9.17) is 0 Å². The summed E-state index contributed by atoms with van der Waals surface area (Å²) < 4.78 is 0. The Morgan fingerprint density at radius 2 is 1.57 bits per heavy atom. The summed E-state index contributed by atoms with van der Waals surface area (Å²) in [6, 6.07) is 11.3. The van der Waals surface area contributed by atoms with E-state index in [0.717, 1.165) is 0 Å². The second-order valence-electron chi connectivity index (χ2n) is 6.04. The van der Waals surface area contributed by atoms with E-state index in [1.165, 1.54) is 6.07 Å². The van der Waals surface area contributed by atoms with Crippen molar-refractivity contribution in [2.24, 2.45) is 0 Å². The largest absolute Gasteiger partial charge is 0.326 e. The van der Waals surface area contributed by atoms with Gasteiger partial charge in [-0.25, -0.2) is 0 Å². The number of carbonyl (C=O) groups excluding carboxylic acids is 4. The average Bonchev–Trinajstić information content (AvgIpc) is 3.23. The van der Waals surface area contributed by atoms with Crippen molar-refractivity contribution in [1.29, 1.82) is 0 Å². The zero-order valence-electron chi connectivity index (χ0n) is 15.6. The van der Waals surface area contributed by atoms with Crippen LogP contribution in [0.15, 0.2) is 42.5 Å². The first kappa shape index (κ1) is 20.3. The lowest BCUT2D eigenvalue weighted by atomic mass is 10.2. The van der Waals surface area contributed by atoms with Gasteiger partial charge in [0.2, 0.25) is 18.2 Å². The van der Waals surface area contributed by atoms with Gasteiger partial charge in [0.1, 0.15) is 11.0 Å². The minimum absolute atomic E-state index is 0.0701. The number of aromatic nitrogens is 3. The number of anilines is 2. The van der Waals surface area contributed by atoms with Crippen LogP contribution in [0.2, 0.25) is 0 Å². The molecule has 0 atom stereocenters. The summed E-state index contributed by atoms with van der Waals surface area (Å²) in [5, 5.41) is 12.9. The molecule has 3 aromatic rings. The highest BCUT2D eigenvalue weighted by Gasteiger charge is 2.11. The van der Waals surface area contributed by atoms with Crippen LogP contribution in [-0.4, -0.2) is 39.5 Å². The number of fused-ring (bicyclic) bond motifs is 1. The fourth-order valence-electron chi connectivity index (χ4n) is 2.44. The van der Waals surface area contributed by atoms with Crippen molar-refractivity contribution in [2.45, 2.75) is 12.8 Å². The number of hydrogen-bond acceptors (Lipinski definition) is 7. The van der Waals surface area contributed by atoms with Crippen LogP contribution in [0.1, 0.15) is 23.2 Å². The van der Waals surface area contributed by atoms with Crippen LogP contribution in [0.25, 0.3) is 11.0 Å². The lowest BCUT2D eigenvalue weighted by molar-refractivity contribution is -0.124. The first-order valence-corrected chi connectivity index (χ1v) is 8.80. The average molecular weight is 410 g/mol. The van der Waals surface area contributed by atoms with Gasteiger partial charge in [0.25, 0.3) is 5.91 Å². The van der Waals surface area contributed by atoms with Crippen LogP contribution in [0.4, 0.5) is 11.4 Å². The Hall–Kier alpha value is -4.48. The van der Waals surface area contributed by atoms with E-state index in [2.05, 4.69) is 42.4 Å². The Labute approximate surface area is 169 Å². The van der Waals surface area contributed by atoms with Crippen molar-refractivity contribution in [1.82, 2.24) is 31.7 Å². The predicted molar refractivity (Wildman–Crippen MR) is 107 cm³/mol. The number of carbonyl (C=O) groups is 4. The smallest absolute Gasteiger partial charge is 0.269 e. The number of nitrogens with one attached hydrogen (secondary N) is 6. The van der Waals surface area contributed by atoms with E-state index in [0.29, 0.717) is 34.4 Å². The van der Waals surface area contributed by atoms with E-state index in [9.17, 15) is 19.2 Å². The first-order valence-electron chi connectivity index (χ1n) is 8.80. The van der Waals surface area contributed by atoms with Gasteiger partial charge in [-0.1, -0.05) is 0 Å². The molecule has 12 nitrogen and oxygen atoms in total. The molecule has 0 aliphatic rings. The van der Waals surface area contributed by atoms with E-state index in [-0.39, 0.29) is 18.7 Å². The highest BCUT2D eigenvalue weighted by molar-refractivity contribution is 5.98. The van der Waals surface area contributed by atoms with E-state index >= 15 is 0 Å². The second kappa shape index (κ2) is 9.64. The van der Waals surface area contributed by atoms with Crippen LogP contribution in [0.5, 0.6) is 0 Å². The third-order valence-corrected chi connectivity index (χ3v) is 3.92. The lowest BCUT2D eigenvalue weighted by Gasteiger charge is -2.09. The highest BCUT2D eigenvalue weighted by atomic mass is 16.2. The zero-order chi connectivity index (χ0) is 21.3. The van der Waals surface area contributed by atoms with Gasteiger partial charge in [-0.3, -0.25) is 40.9 Å². The Bertz CT molecular complexity index is 1060.